The molecule has 156 valence electrons. The molecule has 0 radical (unpaired) electrons. The number of carbonyl (C=O) groups is 1. The largest absolute Gasteiger partial charge is 0.339 e. The smallest absolute Gasteiger partial charge is 0.233 e. The maximum atomic E-state index is 12.9. The monoisotopic (exact) mass is 421 g/mol. The average Bonchev–Trinajstić information content (AvgIpc) is 3.21. The first kappa shape index (κ1) is 20.6. The average molecular weight is 422 g/mol. The third-order valence-electron chi connectivity index (χ3n) is 5.56. The van der Waals surface area contributed by atoms with Crippen molar-refractivity contribution in [3.8, 4) is 11.4 Å². The molecule has 4 rings (SSSR count). The summed E-state index contributed by atoms with van der Waals surface area (Å²) >= 11 is 1.47. The van der Waals surface area contributed by atoms with Crippen LogP contribution in [0.2, 0.25) is 0 Å². The minimum Gasteiger partial charge on any atom is -0.339 e. The van der Waals surface area contributed by atoms with E-state index >= 15 is 0 Å². The van der Waals surface area contributed by atoms with Crippen LogP contribution in [-0.2, 0) is 11.3 Å². The van der Waals surface area contributed by atoms with Gasteiger partial charge in [-0.05, 0) is 43.4 Å². The molecule has 1 saturated heterocycles. The Kier molecular flexibility index (Phi) is 6.79. The van der Waals surface area contributed by atoms with Gasteiger partial charge in [0.15, 0.2) is 11.0 Å². The predicted molar refractivity (Wildman–Crippen MR) is 119 cm³/mol. The van der Waals surface area contributed by atoms with E-state index in [0.29, 0.717) is 18.3 Å². The number of likely N-dealkylation sites (tertiary alicyclic amines) is 1. The summed E-state index contributed by atoms with van der Waals surface area (Å²) in [5, 5.41) is 9.61. The van der Waals surface area contributed by atoms with Crippen molar-refractivity contribution in [2.75, 3.05) is 12.3 Å². The maximum Gasteiger partial charge on any atom is 0.233 e. The fourth-order valence-corrected chi connectivity index (χ4v) is 4.80. The number of amides is 1. The number of piperidine rings is 1. The molecule has 6 nitrogen and oxygen atoms in total. The molecule has 1 amide bonds. The molecule has 1 atom stereocenters. The SMILES string of the molecule is CCC1CCCCN1C(=O)CSc1nnc(-c2cccnc2)n1Cc1ccccc1. The Hall–Kier alpha value is -2.67. The van der Waals surface area contributed by atoms with Crippen LogP contribution in [0.5, 0.6) is 0 Å². The number of nitrogens with zero attached hydrogens (tertiary/aromatic N) is 5. The van der Waals surface area contributed by atoms with Gasteiger partial charge in [0.1, 0.15) is 0 Å². The molecule has 0 spiro atoms. The molecule has 30 heavy (non-hydrogen) atoms. The molecule has 1 aromatic carbocycles. The van der Waals surface area contributed by atoms with Gasteiger partial charge in [0.05, 0.1) is 12.3 Å². The lowest BCUT2D eigenvalue weighted by Crippen LogP contribution is -2.44. The molecule has 0 saturated carbocycles. The third-order valence-corrected chi connectivity index (χ3v) is 6.52. The van der Waals surface area contributed by atoms with E-state index < -0.39 is 0 Å². The first-order chi connectivity index (χ1) is 14.8. The minimum absolute atomic E-state index is 0.198. The van der Waals surface area contributed by atoms with Gasteiger partial charge in [-0.2, -0.15) is 0 Å². The molecule has 3 heterocycles. The Bertz CT molecular complexity index is 960. The van der Waals surface area contributed by atoms with Crippen molar-refractivity contribution in [3.63, 3.8) is 0 Å². The molecule has 1 fully saturated rings. The highest BCUT2D eigenvalue weighted by Gasteiger charge is 2.26. The molecule has 3 aromatic rings. The van der Waals surface area contributed by atoms with Crippen LogP contribution in [0.15, 0.2) is 60.0 Å². The summed E-state index contributed by atoms with van der Waals surface area (Å²) in [6.45, 7) is 3.69. The van der Waals surface area contributed by atoms with Crippen LogP contribution < -0.4 is 0 Å². The summed E-state index contributed by atoms with van der Waals surface area (Å²) in [6.07, 6.45) is 7.99. The summed E-state index contributed by atoms with van der Waals surface area (Å²) in [7, 11) is 0. The van der Waals surface area contributed by atoms with Gasteiger partial charge in [-0.15, -0.1) is 10.2 Å². The fourth-order valence-electron chi connectivity index (χ4n) is 3.98. The highest BCUT2D eigenvalue weighted by molar-refractivity contribution is 7.99. The van der Waals surface area contributed by atoms with Crippen molar-refractivity contribution in [1.82, 2.24) is 24.6 Å². The quantitative estimate of drug-likeness (QED) is 0.533. The van der Waals surface area contributed by atoms with Crippen molar-refractivity contribution < 1.29 is 4.79 Å². The maximum absolute atomic E-state index is 12.9. The number of thioether (sulfide) groups is 1. The summed E-state index contributed by atoms with van der Waals surface area (Å²) in [4.78, 5) is 19.2. The second kappa shape index (κ2) is 9.89. The van der Waals surface area contributed by atoms with Crippen LogP contribution in [0.3, 0.4) is 0 Å². The van der Waals surface area contributed by atoms with E-state index in [9.17, 15) is 4.79 Å². The summed E-state index contributed by atoms with van der Waals surface area (Å²) in [5.41, 5.74) is 2.08. The van der Waals surface area contributed by atoms with Gasteiger partial charge in [0.25, 0.3) is 0 Å². The molecule has 1 aliphatic rings. The Labute approximate surface area is 181 Å². The zero-order valence-corrected chi connectivity index (χ0v) is 18.1. The molecule has 2 aromatic heterocycles. The molecule has 1 unspecified atom stereocenters. The molecular formula is C23H27N5OS. The topological polar surface area (TPSA) is 63.9 Å². The van der Waals surface area contributed by atoms with Crippen LogP contribution >= 0.6 is 11.8 Å². The van der Waals surface area contributed by atoms with Gasteiger partial charge in [0.2, 0.25) is 5.91 Å². The van der Waals surface area contributed by atoms with E-state index in [1.165, 1.54) is 18.2 Å². The first-order valence-corrected chi connectivity index (χ1v) is 11.5. The second-order valence-corrected chi connectivity index (χ2v) is 8.50. The lowest BCUT2D eigenvalue weighted by atomic mass is 10.0. The van der Waals surface area contributed by atoms with Crippen LogP contribution in [0.4, 0.5) is 0 Å². The third kappa shape index (κ3) is 4.73. The van der Waals surface area contributed by atoms with Crippen molar-refractivity contribution >= 4 is 17.7 Å². The number of aromatic nitrogens is 4. The number of carbonyl (C=O) groups excluding carboxylic acids is 1. The van der Waals surface area contributed by atoms with Gasteiger partial charge >= 0.3 is 0 Å². The fraction of sp³-hybridized carbons (Fsp3) is 0.391. The Morgan fingerprint density at radius 1 is 1.13 bits per heavy atom. The van der Waals surface area contributed by atoms with Crippen LogP contribution in [-0.4, -0.2) is 48.9 Å². The second-order valence-electron chi connectivity index (χ2n) is 7.55. The molecule has 0 aliphatic carbocycles. The van der Waals surface area contributed by atoms with E-state index in [0.717, 1.165) is 47.9 Å². The number of hydrogen-bond acceptors (Lipinski definition) is 5. The van der Waals surface area contributed by atoms with Gasteiger partial charge < -0.3 is 4.90 Å². The Morgan fingerprint density at radius 3 is 2.77 bits per heavy atom. The van der Waals surface area contributed by atoms with Gasteiger partial charge in [-0.1, -0.05) is 49.0 Å². The van der Waals surface area contributed by atoms with Crippen LogP contribution in [0, 0.1) is 0 Å². The van der Waals surface area contributed by atoms with E-state index in [2.05, 4.69) is 43.7 Å². The van der Waals surface area contributed by atoms with Crippen molar-refractivity contribution in [3.05, 3.63) is 60.4 Å². The highest BCUT2D eigenvalue weighted by Crippen LogP contribution is 2.26. The zero-order valence-electron chi connectivity index (χ0n) is 17.3. The standard InChI is InChI=1S/C23H27N5OS/c1-2-20-12-6-7-14-27(20)21(29)17-30-23-26-25-22(19-11-8-13-24-15-19)28(23)16-18-9-4-3-5-10-18/h3-5,8-11,13,15,20H,2,6-7,12,14,16-17H2,1H3. The van der Waals surface area contributed by atoms with Crippen molar-refractivity contribution in [2.24, 2.45) is 0 Å². The minimum atomic E-state index is 0.198. The van der Waals surface area contributed by atoms with Gasteiger partial charge in [-0.25, -0.2) is 0 Å². The summed E-state index contributed by atoms with van der Waals surface area (Å²) in [6, 6.07) is 14.5. The lowest BCUT2D eigenvalue weighted by Gasteiger charge is -2.35. The Morgan fingerprint density at radius 2 is 2.00 bits per heavy atom. The highest BCUT2D eigenvalue weighted by atomic mass is 32.2. The zero-order chi connectivity index (χ0) is 20.8. The van der Waals surface area contributed by atoms with Crippen LogP contribution in [0.25, 0.3) is 11.4 Å². The summed E-state index contributed by atoms with van der Waals surface area (Å²) in [5.74, 6) is 1.35. The van der Waals surface area contributed by atoms with Gasteiger partial charge in [0, 0.05) is 30.5 Å². The molecule has 0 N–H and O–H groups in total. The lowest BCUT2D eigenvalue weighted by molar-refractivity contribution is -0.132. The molecule has 0 bridgehead atoms. The number of pyridine rings is 1. The van der Waals surface area contributed by atoms with Crippen molar-refractivity contribution in [2.45, 2.75) is 50.4 Å². The van der Waals surface area contributed by atoms with E-state index in [4.69, 9.17) is 0 Å². The number of benzene rings is 1. The molecule has 1 aliphatic heterocycles. The van der Waals surface area contributed by atoms with E-state index in [1.54, 1.807) is 12.4 Å². The molecular weight excluding hydrogens is 394 g/mol. The normalized spacial score (nSPS) is 16.6. The van der Waals surface area contributed by atoms with E-state index in [1.807, 2.05) is 30.3 Å². The van der Waals surface area contributed by atoms with Crippen LogP contribution in [0.1, 0.15) is 38.2 Å². The van der Waals surface area contributed by atoms with E-state index in [-0.39, 0.29) is 5.91 Å². The Balaban J connectivity index is 1.55. The predicted octanol–water partition coefficient (Wildman–Crippen LogP) is 4.27. The first-order valence-electron chi connectivity index (χ1n) is 10.6. The van der Waals surface area contributed by atoms with Gasteiger partial charge in [-0.3, -0.25) is 14.3 Å². The summed E-state index contributed by atoms with van der Waals surface area (Å²) < 4.78 is 2.08. The number of hydrogen-bond donors (Lipinski definition) is 0. The van der Waals surface area contributed by atoms with Crippen molar-refractivity contribution in [1.29, 1.82) is 0 Å². The molecule has 7 heteroatoms. The number of rotatable bonds is 7.